The summed E-state index contributed by atoms with van der Waals surface area (Å²) in [6, 6.07) is 11.1. The summed E-state index contributed by atoms with van der Waals surface area (Å²) < 4.78 is 41.4. The number of halogens is 1. The molecule has 0 spiro atoms. The van der Waals surface area contributed by atoms with Crippen molar-refractivity contribution < 1.29 is 17.6 Å². The molecular formula is C22H27FN2O3S. The van der Waals surface area contributed by atoms with Crippen molar-refractivity contribution in [3.63, 3.8) is 0 Å². The van der Waals surface area contributed by atoms with Crippen LogP contribution in [0.4, 0.5) is 4.39 Å². The number of nitrogens with one attached hydrogen (secondary N) is 1. The molecule has 1 atom stereocenters. The van der Waals surface area contributed by atoms with E-state index in [1.54, 1.807) is 37.3 Å². The Kier molecular flexibility index (Phi) is 6.70. The van der Waals surface area contributed by atoms with Crippen LogP contribution >= 0.6 is 0 Å². The van der Waals surface area contributed by atoms with Gasteiger partial charge in [0.2, 0.25) is 10.0 Å². The van der Waals surface area contributed by atoms with Crippen LogP contribution in [0.1, 0.15) is 47.7 Å². The van der Waals surface area contributed by atoms with E-state index in [0.29, 0.717) is 29.7 Å². The van der Waals surface area contributed by atoms with Gasteiger partial charge >= 0.3 is 0 Å². The zero-order chi connectivity index (χ0) is 21.0. The molecule has 0 saturated carbocycles. The van der Waals surface area contributed by atoms with Gasteiger partial charge in [-0.2, -0.15) is 4.31 Å². The van der Waals surface area contributed by atoms with E-state index < -0.39 is 10.0 Å². The minimum Gasteiger partial charge on any atom is -0.352 e. The SMILES string of the molecule is Cc1ccc(S(=O)(=O)N2CCCCC2C)cc1C(=O)NCCc1ccccc1F. The van der Waals surface area contributed by atoms with Crippen molar-refractivity contribution in [1.29, 1.82) is 0 Å². The van der Waals surface area contributed by atoms with Crippen LogP contribution in [0.5, 0.6) is 0 Å². The molecule has 2 aromatic rings. The zero-order valence-corrected chi connectivity index (χ0v) is 17.6. The van der Waals surface area contributed by atoms with Gasteiger partial charge in [0.05, 0.1) is 4.90 Å². The summed E-state index contributed by atoms with van der Waals surface area (Å²) in [6.07, 6.45) is 3.07. The van der Waals surface area contributed by atoms with Gasteiger partial charge in [0, 0.05) is 24.7 Å². The van der Waals surface area contributed by atoms with Gasteiger partial charge in [0.1, 0.15) is 5.82 Å². The average molecular weight is 419 g/mol. The summed E-state index contributed by atoms with van der Waals surface area (Å²) in [4.78, 5) is 12.8. The minimum absolute atomic E-state index is 0.0481. The molecule has 0 radical (unpaired) electrons. The third kappa shape index (κ3) is 4.85. The first-order valence-corrected chi connectivity index (χ1v) is 11.4. The number of benzene rings is 2. The summed E-state index contributed by atoms with van der Waals surface area (Å²) in [5.41, 5.74) is 1.54. The molecule has 0 aromatic heterocycles. The first-order valence-electron chi connectivity index (χ1n) is 9.95. The first kappa shape index (κ1) is 21.5. The van der Waals surface area contributed by atoms with E-state index >= 15 is 0 Å². The number of nitrogens with zero attached hydrogens (tertiary/aromatic N) is 1. The van der Waals surface area contributed by atoms with Crippen molar-refractivity contribution in [2.45, 2.75) is 50.5 Å². The monoisotopic (exact) mass is 418 g/mol. The highest BCUT2D eigenvalue weighted by Gasteiger charge is 2.31. The molecule has 156 valence electrons. The van der Waals surface area contributed by atoms with Crippen LogP contribution in [-0.2, 0) is 16.4 Å². The van der Waals surface area contributed by atoms with Gasteiger partial charge in [-0.15, -0.1) is 0 Å². The number of aryl methyl sites for hydroxylation is 1. The van der Waals surface area contributed by atoms with E-state index in [9.17, 15) is 17.6 Å². The predicted octanol–water partition coefficient (Wildman–Crippen LogP) is 3.67. The maximum Gasteiger partial charge on any atom is 0.251 e. The van der Waals surface area contributed by atoms with E-state index in [-0.39, 0.29) is 29.2 Å². The van der Waals surface area contributed by atoms with Crippen molar-refractivity contribution >= 4 is 15.9 Å². The summed E-state index contributed by atoms with van der Waals surface area (Å²) in [5, 5.41) is 2.77. The fourth-order valence-electron chi connectivity index (χ4n) is 3.68. The van der Waals surface area contributed by atoms with Crippen LogP contribution in [0, 0.1) is 12.7 Å². The van der Waals surface area contributed by atoms with Gasteiger partial charge in [0.25, 0.3) is 5.91 Å². The Balaban J connectivity index is 1.74. The Bertz CT molecular complexity index is 991. The van der Waals surface area contributed by atoms with Crippen molar-refractivity contribution in [1.82, 2.24) is 9.62 Å². The van der Waals surface area contributed by atoms with Gasteiger partial charge < -0.3 is 5.32 Å². The standard InChI is InChI=1S/C22H27FN2O3S/c1-16-10-11-19(29(27,28)25-14-6-5-7-17(25)2)15-20(16)22(26)24-13-12-18-8-3-4-9-21(18)23/h3-4,8-11,15,17H,5-7,12-14H2,1-2H3,(H,24,26). The van der Waals surface area contributed by atoms with Gasteiger partial charge in [-0.25, -0.2) is 12.8 Å². The molecule has 1 unspecified atom stereocenters. The second-order valence-corrected chi connectivity index (χ2v) is 9.43. The number of carbonyl (C=O) groups excluding carboxylic acids is 1. The molecule has 0 aliphatic carbocycles. The molecule has 29 heavy (non-hydrogen) atoms. The third-order valence-corrected chi connectivity index (χ3v) is 7.45. The molecule has 1 N–H and O–H groups in total. The van der Waals surface area contributed by atoms with Gasteiger partial charge in [0.15, 0.2) is 0 Å². The summed E-state index contributed by atoms with van der Waals surface area (Å²) in [7, 11) is -3.65. The number of piperidine rings is 1. The fourth-order valence-corrected chi connectivity index (χ4v) is 5.40. The normalized spacial score (nSPS) is 17.8. The van der Waals surface area contributed by atoms with Crippen molar-refractivity contribution in [2.75, 3.05) is 13.1 Å². The van der Waals surface area contributed by atoms with Gasteiger partial charge in [-0.3, -0.25) is 4.79 Å². The van der Waals surface area contributed by atoms with Crippen LogP contribution in [0.3, 0.4) is 0 Å². The molecule has 7 heteroatoms. The van der Waals surface area contributed by atoms with E-state index in [2.05, 4.69) is 5.32 Å². The highest BCUT2D eigenvalue weighted by Crippen LogP contribution is 2.26. The van der Waals surface area contributed by atoms with E-state index in [1.807, 2.05) is 6.92 Å². The molecule has 1 fully saturated rings. The van der Waals surface area contributed by atoms with Crippen LogP contribution in [0.25, 0.3) is 0 Å². The van der Waals surface area contributed by atoms with Crippen molar-refractivity contribution in [2.24, 2.45) is 0 Å². The van der Waals surface area contributed by atoms with Gasteiger partial charge in [-0.1, -0.05) is 30.7 Å². The predicted molar refractivity (Wildman–Crippen MR) is 111 cm³/mol. The maximum absolute atomic E-state index is 13.7. The number of rotatable bonds is 6. The second-order valence-electron chi connectivity index (χ2n) is 7.53. The quantitative estimate of drug-likeness (QED) is 0.778. The molecule has 1 amide bonds. The molecule has 2 aromatic carbocycles. The Morgan fingerprint density at radius 2 is 1.97 bits per heavy atom. The lowest BCUT2D eigenvalue weighted by Crippen LogP contribution is -2.42. The molecule has 3 rings (SSSR count). The summed E-state index contributed by atoms with van der Waals surface area (Å²) in [6.45, 7) is 4.45. The van der Waals surface area contributed by atoms with E-state index in [4.69, 9.17) is 0 Å². The zero-order valence-electron chi connectivity index (χ0n) is 16.8. The Morgan fingerprint density at radius 3 is 2.69 bits per heavy atom. The van der Waals surface area contributed by atoms with Crippen molar-refractivity contribution in [3.8, 4) is 0 Å². The molecule has 1 aliphatic rings. The lowest BCUT2D eigenvalue weighted by molar-refractivity contribution is 0.0953. The van der Waals surface area contributed by atoms with Crippen molar-refractivity contribution in [3.05, 3.63) is 65.0 Å². The largest absolute Gasteiger partial charge is 0.352 e. The number of sulfonamides is 1. The highest BCUT2D eigenvalue weighted by molar-refractivity contribution is 7.89. The Labute approximate surface area is 172 Å². The lowest BCUT2D eigenvalue weighted by atomic mass is 10.1. The van der Waals surface area contributed by atoms with E-state index in [0.717, 1.165) is 19.3 Å². The molecule has 1 heterocycles. The van der Waals surface area contributed by atoms with E-state index in [1.165, 1.54) is 16.4 Å². The van der Waals surface area contributed by atoms with Crippen LogP contribution < -0.4 is 5.32 Å². The number of amides is 1. The maximum atomic E-state index is 13.7. The Hall–Kier alpha value is -2.25. The minimum atomic E-state index is -3.65. The van der Waals surface area contributed by atoms with Crippen LogP contribution in [0.15, 0.2) is 47.4 Å². The molecule has 0 bridgehead atoms. The third-order valence-electron chi connectivity index (χ3n) is 5.44. The molecule has 5 nitrogen and oxygen atoms in total. The molecular weight excluding hydrogens is 391 g/mol. The van der Waals surface area contributed by atoms with Crippen LogP contribution in [-0.4, -0.2) is 37.8 Å². The summed E-state index contributed by atoms with van der Waals surface area (Å²) in [5.74, 6) is -0.663. The number of hydrogen-bond donors (Lipinski definition) is 1. The average Bonchev–Trinajstić information content (AvgIpc) is 2.69. The first-order chi connectivity index (χ1) is 13.8. The fraction of sp³-hybridized carbons (Fsp3) is 0.409. The summed E-state index contributed by atoms with van der Waals surface area (Å²) >= 11 is 0. The number of carbonyl (C=O) groups is 1. The topological polar surface area (TPSA) is 66.5 Å². The smallest absolute Gasteiger partial charge is 0.251 e. The number of hydrogen-bond acceptors (Lipinski definition) is 3. The van der Waals surface area contributed by atoms with Gasteiger partial charge in [-0.05, 0) is 62.4 Å². The molecule has 1 aliphatic heterocycles. The Morgan fingerprint density at radius 1 is 1.21 bits per heavy atom. The van der Waals surface area contributed by atoms with Crippen LogP contribution in [0.2, 0.25) is 0 Å². The molecule has 1 saturated heterocycles. The lowest BCUT2D eigenvalue weighted by Gasteiger charge is -2.32. The second kappa shape index (κ2) is 9.05. The highest BCUT2D eigenvalue weighted by atomic mass is 32.2.